The minimum absolute atomic E-state index is 0.0728. The molecule has 1 aliphatic rings. The smallest absolute Gasteiger partial charge is 0.249 e. The number of aryl methyl sites for hydroxylation is 1. The van der Waals surface area contributed by atoms with Crippen molar-refractivity contribution in [2.75, 3.05) is 6.54 Å². The van der Waals surface area contributed by atoms with Gasteiger partial charge in [0.25, 0.3) is 0 Å². The standard InChI is InChI=1S/C21H20N4OS/c1-15(21(26)24-10-8-19(24)20-5-3-11-27-20)4-2-9-25-18-7-6-16(13-22)12-17(18)14-23-25/h3,5-7,11-12,14,19H,1-2,4,8-10H2. The molecule has 0 saturated carbocycles. The number of hydrogen-bond acceptors (Lipinski definition) is 4. The van der Waals surface area contributed by atoms with Crippen LogP contribution < -0.4 is 0 Å². The highest BCUT2D eigenvalue weighted by molar-refractivity contribution is 7.10. The molecule has 0 spiro atoms. The lowest BCUT2D eigenvalue weighted by atomic mass is 9.99. The van der Waals surface area contributed by atoms with Crippen LogP contribution in [0.3, 0.4) is 0 Å². The molecular weight excluding hydrogens is 356 g/mol. The van der Waals surface area contributed by atoms with E-state index in [4.69, 9.17) is 5.26 Å². The zero-order chi connectivity index (χ0) is 18.8. The Kier molecular flexibility index (Phi) is 4.78. The summed E-state index contributed by atoms with van der Waals surface area (Å²) in [5.41, 5.74) is 2.31. The van der Waals surface area contributed by atoms with E-state index in [2.05, 4.69) is 29.2 Å². The number of benzene rings is 1. The van der Waals surface area contributed by atoms with Crippen molar-refractivity contribution in [1.29, 1.82) is 5.26 Å². The van der Waals surface area contributed by atoms with Crippen LogP contribution in [0.25, 0.3) is 10.9 Å². The van der Waals surface area contributed by atoms with Gasteiger partial charge in [-0.2, -0.15) is 10.4 Å². The molecule has 0 bridgehead atoms. The van der Waals surface area contributed by atoms with E-state index in [-0.39, 0.29) is 11.9 Å². The zero-order valence-electron chi connectivity index (χ0n) is 15.0. The molecule has 3 heterocycles. The number of nitriles is 1. The lowest BCUT2D eigenvalue weighted by Crippen LogP contribution is -2.45. The van der Waals surface area contributed by atoms with Gasteiger partial charge in [-0.3, -0.25) is 9.48 Å². The highest BCUT2D eigenvalue weighted by Crippen LogP contribution is 2.36. The fraction of sp³-hybridized carbons (Fsp3) is 0.286. The van der Waals surface area contributed by atoms with Gasteiger partial charge < -0.3 is 4.90 Å². The molecule has 1 aliphatic heterocycles. The van der Waals surface area contributed by atoms with Crippen LogP contribution in [0.4, 0.5) is 0 Å². The van der Waals surface area contributed by atoms with Gasteiger partial charge >= 0.3 is 0 Å². The van der Waals surface area contributed by atoms with E-state index in [1.165, 1.54) is 4.88 Å². The Balaban J connectivity index is 1.33. The second kappa shape index (κ2) is 7.37. The molecule has 0 N–H and O–H groups in total. The summed E-state index contributed by atoms with van der Waals surface area (Å²) >= 11 is 1.70. The third kappa shape index (κ3) is 3.38. The van der Waals surface area contributed by atoms with Gasteiger partial charge in [0.15, 0.2) is 0 Å². The summed E-state index contributed by atoms with van der Waals surface area (Å²) in [6.07, 6.45) is 4.27. The maximum atomic E-state index is 12.7. The number of aromatic nitrogens is 2. The SMILES string of the molecule is C=C(CCCn1ncc2cc(C#N)ccc21)C(=O)N1CCC1c1cccs1. The van der Waals surface area contributed by atoms with E-state index in [0.717, 1.165) is 36.8 Å². The number of nitrogens with zero attached hydrogens (tertiary/aromatic N) is 4. The van der Waals surface area contributed by atoms with E-state index < -0.39 is 0 Å². The van der Waals surface area contributed by atoms with Crippen LogP contribution in [0.5, 0.6) is 0 Å². The van der Waals surface area contributed by atoms with Gasteiger partial charge in [-0.15, -0.1) is 11.3 Å². The van der Waals surface area contributed by atoms with Crippen LogP contribution >= 0.6 is 11.3 Å². The predicted octanol–water partition coefficient (Wildman–Crippen LogP) is 4.28. The normalized spacial score (nSPS) is 16.1. The molecule has 3 aromatic rings. The number of thiophene rings is 1. The molecule has 5 nitrogen and oxygen atoms in total. The van der Waals surface area contributed by atoms with Gasteiger partial charge in [0.2, 0.25) is 5.91 Å². The number of amides is 1. The lowest BCUT2D eigenvalue weighted by molar-refractivity contribution is -0.134. The van der Waals surface area contributed by atoms with Gasteiger partial charge in [-0.05, 0) is 48.9 Å². The summed E-state index contributed by atoms with van der Waals surface area (Å²) in [4.78, 5) is 15.9. The Morgan fingerprint density at radius 2 is 2.30 bits per heavy atom. The van der Waals surface area contributed by atoms with E-state index in [1.54, 1.807) is 23.6 Å². The molecule has 2 aromatic heterocycles. The van der Waals surface area contributed by atoms with E-state index in [0.29, 0.717) is 17.6 Å². The summed E-state index contributed by atoms with van der Waals surface area (Å²) < 4.78 is 1.92. The molecule has 1 fully saturated rings. The average Bonchev–Trinajstić information content (AvgIpc) is 3.30. The average molecular weight is 376 g/mol. The summed E-state index contributed by atoms with van der Waals surface area (Å²) in [7, 11) is 0. The minimum Gasteiger partial charge on any atom is -0.331 e. The monoisotopic (exact) mass is 376 g/mol. The number of carbonyl (C=O) groups is 1. The van der Waals surface area contributed by atoms with Crippen molar-refractivity contribution in [3.63, 3.8) is 0 Å². The van der Waals surface area contributed by atoms with Crippen LogP contribution in [-0.4, -0.2) is 27.1 Å². The molecule has 0 aliphatic carbocycles. The van der Waals surface area contributed by atoms with Crippen molar-refractivity contribution in [1.82, 2.24) is 14.7 Å². The lowest BCUT2D eigenvalue weighted by Gasteiger charge is -2.41. The Labute approximate surface area is 162 Å². The van der Waals surface area contributed by atoms with Crippen LogP contribution in [0.1, 0.15) is 35.7 Å². The van der Waals surface area contributed by atoms with Crippen molar-refractivity contribution in [3.05, 3.63) is 64.5 Å². The van der Waals surface area contributed by atoms with Crippen molar-refractivity contribution < 1.29 is 4.79 Å². The predicted molar refractivity (Wildman–Crippen MR) is 106 cm³/mol. The maximum absolute atomic E-state index is 12.7. The fourth-order valence-corrected chi connectivity index (χ4v) is 4.37. The molecule has 1 amide bonds. The quantitative estimate of drug-likeness (QED) is 0.603. The Morgan fingerprint density at radius 3 is 3.00 bits per heavy atom. The number of likely N-dealkylation sites (tertiary alicyclic amines) is 1. The number of rotatable bonds is 6. The van der Waals surface area contributed by atoms with Gasteiger partial charge in [0.1, 0.15) is 0 Å². The molecule has 0 radical (unpaired) electrons. The first-order chi connectivity index (χ1) is 13.2. The van der Waals surface area contributed by atoms with Gasteiger partial charge in [0, 0.05) is 28.9 Å². The molecule has 27 heavy (non-hydrogen) atoms. The molecule has 6 heteroatoms. The number of fused-ring (bicyclic) bond motifs is 1. The van der Waals surface area contributed by atoms with E-state index in [1.807, 2.05) is 27.8 Å². The van der Waals surface area contributed by atoms with Gasteiger partial charge in [-0.1, -0.05) is 12.6 Å². The Bertz CT molecular complexity index is 1030. The fourth-order valence-electron chi connectivity index (χ4n) is 3.49. The van der Waals surface area contributed by atoms with Crippen LogP contribution in [0, 0.1) is 11.3 Å². The zero-order valence-corrected chi connectivity index (χ0v) is 15.8. The molecule has 1 aromatic carbocycles. The molecule has 1 unspecified atom stereocenters. The van der Waals surface area contributed by atoms with Crippen molar-refractivity contribution in [3.8, 4) is 6.07 Å². The largest absolute Gasteiger partial charge is 0.331 e. The number of hydrogen-bond donors (Lipinski definition) is 0. The van der Waals surface area contributed by atoms with Crippen molar-refractivity contribution in [2.24, 2.45) is 0 Å². The number of carbonyl (C=O) groups excluding carboxylic acids is 1. The first-order valence-corrected chi connectivity index (χ1v) is 9.93. The summed E-state index contributed by atoms with van der Waals surface area (Å²) in [5, 5.41) is 16.4. The second-order valence-electron chi connectivity index (χ2n) is 6.78. The van der Waals surface area contributed by atoms with Gasteiger partial charge in [0.05, 0.1) is 29.4 Å². The summed E-state index contributed by atoms with van der Waals surface area (Å²) in [5.74, 6) is 0.0728. The highest BCUT2D eigenvalue weighted by Gasteiger charge is 2.34. The van der Waals surface area contributed by atoms with Crippen LogP contribution in [0.2, 0.25) is 0 Å². The van der Waals surface area contributed by atoms with E-state index >= 15 is 0 Å². The third-order valence-electron chi connectivity index (χ3n) is 5.07. The molecular formula is C21H20N4OS. The minimum atomic E-state index is 0.0728. The summed E-state index contributed by atoms with van der Waals surface area (Å²) in [6, 6.07) is 12.1. The second-order valence-corrected chi connectivity index (χ2v) is 7.76. The summed E-state index contributed by atoms with van der Waals surface area (Å²) in [6.45, 7) is 5.55. The molecule has 136 valence electrons. The molecule has 1 atom stereocenters. The van der Waals surface area contributed by atoms with Crippen LogP contribution in [-0.2, 0) is 11.3 Å². The molecule has 1 saturated heterocycles. The first-order valence-electron chi connectivity index (χ1n) is 9.05. The highest BCUT2D eigenvalue weighted by atomic mass is 32.1. The topological polar surface area (TPSA) is 61.9 Å². The van der Waals surface area contributed by atoms with Crippen LogP contribution in [0.15, 0.2) is 54.1 Å². The van der Waals surface area contributed by atoms with Gasteiger partial charge in [-0.25, -0.2) is 0 Å². The Hall–Kier alpha value is -2.91. The van der Waals surface area contributed by atoms with Crippen molar-refractivity contribution >= 4 is 28.1 Å². The van der Waals surface area contributed by atoms with E-state index in [9.17, 15) is 4.79 Å². The Morgan fingerprint density at radius 1 is 1.41 bits per heavy atom. The third-order valence-corrected chi connectivity index (χ3v) is 6.05. The first kappa shape index (κ1) is 17.5. The molecule has 4 rings (SSSR count). The van der Waals surface area contributed by atoms with Crippen molar-refractivity contribution in [2.45, 2.75) is 31.8 Å². The maximum Gasteiger partial charge on any atom is 0.249 e.